The molecule has 24 heavy (non-hydrogen) atoms. The number of fused-ring (bicyclic) bond motifs is 1. The van der Waals surface area contributed by atoms with Gasteiger partial charge in [0.25, 0.3) is 0 Å². The van der Waals surface area contributed by atoms with Gasteiger partial charge < -0.3 is 20.9 Å². The molecule has 1 saturated carbocycles. The number of hydrogen-bond donors (Lipinski definition) is 3. The van der Waals surface area contributed by atoms with Crippen LogP contribution in [0.25, 0.3) is 11.2 Å². The number of H-pyrrole nitrogens is 1. The van der Waals surface area contributed by atoms with Crippen molar-refractivity contribution in [2.45, 2.75) is 25.3 Å². The standard InChI is InChI=1S/C14H21N7O.2ClH/c1-21(14-12-13(17-7-16-12)18-8-19-14)6-11(22)20-10-4-2-3-9(10)5-15;;/h7-10H,2-6,15H2,1H3,(H,20,22)(H,16,17,18,19);2*1H. The van der Waals surface area contributed by atoms with Crippen molar-refractivity contribution in [3.63, 3.8) is 0 Å². The van der Waals surface area contributed by atoms with E-state index in [4.69, 9.17) is 5.73 Å². The molecular weight excluding hydrogens is 353 g/mol. The molecule has 0 bridgehead atoms. The second-order valence-electron chi connectivity index (χ2n) is 5.76. The normalized spacial score (nSPS) is 19.4. The largest absolute Gasteiger partial charge is 0.352 e. The van der Waals surface area contributed by atoms with E-state index in [1.165, 1.54) is 6.33 Å². The number of carbonyl (C=O) groups excluding carboxylic acids is 1. The van der Waals surface area contributed by atoms with Crippen molar-refractivity contribution >= 4 is 47.7 Å². The molecule has 0 radical (unpaired) electrons. The van der Waals surface area contributed by atoms with Gasteiger partial charge in [-0.2, -0.15) is 0 Å². The van der Waals surface area contributed by atoms with E-state index in [1.807, 2.05) is 7.05 Å². The highest BCUT2D eigenvalue weighted by Gasteiger charge is 2.27. The molecule has 4 N–H and O–H groups in total. The highest BCUT2D eigenvalue weighted by molar-refractivity contribution is 5.87. The Kier molecular flexibility index (Phi) is 7.65. The molecule has 1 amide bonds. The van der Waals surface area contributed by atoms with E-state index >= 15 is 0 Å². The van der Waals surface area contributed by atoms with E-state index in [1.54, 1.807) is 11.2 Å². The fraction of sp³-hybridized carbons (Fsp3) is 0.571. The second kappa shape index (κ2) is 9.00. The molecule has 2 aromatic rings. The van der Waals surface area contributed by atoms with Crippen molar-refractivity contribution < 1.29 is 4.79 Å². The van der Waals surface area contributed by atoms with Gasteiger partial charge in [-0.3, -0.25) is 4.79 Å². The molecule has 2 heterocycles. The molecule has 0 saturated heterocycles. The van der Waals surface area contributed by atoms with Crippen LogP contribution in [0.3, 0.4) is 0 Å². The van der Waals surface area contributed by atoms with Gasteiger partial charge in [0.15, 0.2) is 11.5 Å². The van der Waals surface area contributed by atoms with Crippen LogP contribution >= 0.6 is 24.8 Å². The molecule has 1 aliphatic carbocycles. The third kappa shape index (κ3) is 4.25. The van der Waals surface area contributed by atoms with E-state index in [2.05, 4.69) is 25.3 Å². The number of hydrogen-bond acceptors (Lipinski definition) is 6. The molecular formula is C14H23Cl2N7O. The summed E-state index contributed by atoms with van der Waals surface area (Å²) in [6.07, 6.45) is 6.26. The number of halogens is 2. The van der Waals surface area contributed by atoms with Crippen molar-refractivity contribution in [1.82, 2.24) is 25.3 Å². The van der Waals surface area contributed by atoms with Crippen LogP contribution in [0, 0.1) is 5.92 Å². The average Bonchev–Trinajstić information content (AvgIpc) is 3.14. The Morgan fingerprint density at radius 1 is 1.38 bits per heavy atom. The molecule has 0 aliphatic heterocycles. The van der Waals surface area contributed by atoms with Gasteiger partial charge >= 0.3 is 0 Å². The SMILES string of the molecule is CN(CC(=O)NC1CCCC1CN)c1ncnc2nc[nH]c12.Cl.Cl. The summed E-state index contributed by atoms with van der Waals surface area (Å²) in [4.78, 5) is 29.5. The molecule has 2 unspecified atom stereocenters. The molecule has 1 aliphatic rings. The number of anilines is 1. The zero-order valence-corrected chi connectivity index (χ0v) is 15.1. The van der Waals surface area contributed by atoms with Crippen molar-refractivity contribution in [1.29, 1.82) is 0 Å². The maximum absolute atomic E-state index is 12.3. The Bertz CT molecular complexity index is 665. The number of imidazole rings is 1. The summed E-state index contributed by atoms with van der Waals surface area (Å²) in [7, 11) is 1.83. The van der Waals surface area contributed by atoms with Crippen molar-refractivity contribution in [2.24, 2.45) is 11.7 Å². The van der Waals surface area contributed by atoms with Crippen LogP contribution in [0.4, 0.5) is 5.82 Å². The highest BCUT2D eigenvalue weighted by Crippen LogP contribution is 2.24. The molecule has 2 aromatic heterocycles. The lowest BCUT2D eigenvalue weighted by Crippen LogP contribution is -2.44. The Labute approximate surface area is 152 Å². The number of nitrogens with two attached hydrogens (primary N) is 1. The average molecular weight is 376 g/mol. The maximum atomic E-state index is 12.3. The monoisotopic (exact) mass is 375 g/mol. The summed E-state index contributed by atoms with van der Waals surface area (Å²) < 4.78 is 0. The number of aromatic amines is 1. The zero-order valence-electron chi connectivity index (χ0n) is 13.4. The Morgan fingerprint density at radius 3 is 2.92 bits per heavy atom. The number of aromatic nitrogens is 4. The van der Waals surface area contributed by atoms with Gasteiger partial charge in [-0.15, -0.1) is 24.8 Å². The van der Waals surface area contributed by atoms with E-state index in [-0.39, 0.29) is 43.3 Å². The summed E-state index contributed by atoms with van der Waals surface area (Å²) in [5, 5.41) is 3.09. The van der Waals surface area contributed by atoms with E-state index in [0.717, 1.165) is 24.8 Å². The van der Waals surface area contributed by atoms with Gasteiger partial charge in [-0.1, -0.05) is 6.42 Å². The molecule has 134 valence electrons. The first-order valence-corrected chi connectivity index (χ1v) is 7.53. The summed E-state index contributed by atoms with van der Waals surface area (Å²) in [5.41, 5.74) is 7.08. The van der Waals surface area contributed by atoms with Crippen LogP contribution < -0.4 is 16.0 Å². The number of rotatable bonds is 5. The first kappa shape index (κ1) is 20.4. The van der Waals surface area contributed by atoms with Crippen LogP contribution in [-0.4, -0.2) is 52.0 Å². The lowest BCUT2D eigenvalue weighted by molar-refractivity contribution is -0.120. The van der Waals surface area contributed by atoms with Crippen molar-refractivity contribution in [3.05, 3.63) is 12.7 Å². The molecule has 3 rings (SSSR count). The second-order valence-corrected chi connectivity index (χ2v) is 5.76. The topological polar surface area (TPSA) is 113 Å². The number of carbonyl (C=O) groups is 1. The van der Waals surface area contributed by atoms with E-state index < -0.39 is 0 Å². The third-order valence-corrected chi connectivity index (χ3v) is 4.25. The number of likely N-dealkylation sites (N-methyl/N-ethyl adjacent to an activating group) is 1. The smallest absolute Gasteiger partial charge is 0.239 e. The quantitative estimate of drug-likeness (QED) is 0.714. The number of amides is 1. The lowest BCUT2D eigenvalue weighted by Gasteiger charge is -2.22. The summed E-state index contributed by atoms with van der Waals surface area (Å²) in [6, 6.07) is 0.198. The minimum Gasteiger partial charge on any atom is -0.352 e. The third-order valence-electron chi connectivity index (χ3n) is 4.25. The minimum atomic E-state index is -0.0147. The minimum absolute atomic E-state index is 0. The first-order valence-electron chi connectivity index (χ1n) is 7.53. The summed E-state index contributed by atoms with van der Waals surface area (Å²) >= 11 is 0. The molecule has 2 atom stereocenters. The van der Waals surface area contributed by atoms with E-state index in [0.29, 0.717) is 23.9 Å². The first-order chi connectivity index (χ1) is 10.7. The van der Waals surface area contributed by atoms with Gasteiger partial charge in [-0.25, -0.2) is 15.0 Å². The fourth-order valence-corrected chi connectivity index (χ4v) is 3.09. The van der Waals surface area contributed by atoms with Gasteiger partial charge in [0.1, 0.15) is 11.8 Å². The Hall–Kier alpha value is -1.64. The van der Waals surface area contributed by atoms with Crippen LogP contribution in [0.15, 0.2) is 12.7 Å². The van der Waals surface area contributed by atoms with E-state index in [9.17, 15) is 4.79 Å². The van der Waals surface area contributed by atoms with Gasteiger partial charge in [0.05, 0.1) is 12.9 Å². The van der Waals surface area contributed by atoms with Crippen LogP contribution in [0.1, 0.15) is 19.3 Å². The number of nitrogens with zero attached hydrogens (tertiary/aromatic N) is 4. The zero-order chi connectivity index (χ0) is 15.5. The molecule has 0 aromatic carbocycles. The van der Waals surface area contributed by atoms with Crippen LogP contribution in [0.2, 0.25) is 0 Å². The maximum Gasteiger partial charge on any atom is 0.239 e. The fourth-order valence-electron chi connectivity index (χ4n) is 3.09. The number of nitrogens with one attached hydrogen (secondary N) is 2. The van der Waals surface area contributed by atoms with Gasteiger partial charge in [-0.05, 0) is 25.3 Å². The van der Waals surface area contributed by atoms with Crippen molar-refractivity contribution in [3.8, 4) is 0 Å². The highest BCUT2D eigenvalue weighted by atomic mass is 35.5. The van der Waals surface area contributed by atoms with Crippen LogP contribution in [-0.2, 0) is 4.79 Å². The molecule has 8 nitrogen and oxygen atoms in total. The predicted molar refractivity (Wildman–Crippen MR) is 97.8 cm³/mol. The van der Waals surface area contributed by atoms with Gasteiger partial charge in [0, 0.05) is 13.1 Å². The summed E-state index contributed by atoms with van der Waals surface area (Å²) in [6.45, 7) is 0.861. The van der Waals surface area contributed by atoms with Crippen molar-refractivity contribution in [2.75, 3.05) is 25.0 Å². The van der Waals surface area contributed by atoms with Crippen LogP contribution in [0.5, 0.6) is 0 Å². The molecule has 10 heteroatoms. The Balaban J connectivity index is 0.00000144. The summed E-state index contributed by atoms with van der Waals surface area (Å²) in [5.74, 6) is 1.05. The lowest BCUT2D eigenvalue weighted by atomic mass is 10.0. The Morgan fingerprint density at radius 2 is 2.17 bits per heavy atom. The molecule has 1 fully saturated rings. The predicted octanol–water partition coefficient (Wildman–Crippen LogP) is 0.876. The van der Waals surface area contributed by atoms with Gasteiger partial charge in [0.2, 0.25) is 5.91 Å². The molecule has 0 spiro atoms.